The van der Waals surface area contributed by atoms with Crippen LogP contribution in [0.5, 0.6) is 5.75 Å². The smallest absolute Gasteiger partial charge is 0.248 e. The fraction of sp³-hybridized carbons (Fsp3) is 0.240. The Morgan fingerprint density at radius 2 is 1.63 bits per heavy atom. The highest BCUT2D eigenvalue weighted by molar-refractivity contribution is 5.97. The highest BCUT2D eigenvalue weighted by atomic mass is 35.5. The summed E-state index contributed by atoms with van der Waals surface area (Å²) in [5.74, 6) is 0.710. The van der Waals surface area contributed by atoms with E-state index in [0.29, 0.717) is 13.0 Å². The van der Waals surface area contributed by atoms with Crippen molar-refractivity contribution in [3.63, 3.8) is 0 Å². The van der Waals surface area contributed by atoms with Gasteiger partial charge in [0, 0.05) is 12.2 Å². The maximum absolute atomic E-state index is 13.4. The largest absolute Gasteiger partial charge is 0.496 e. The molecule has 0 spiro atoms. The van der Waals surface area contributed by atoms with Gasteiger partial charge in [-0.15, -0.1) is 12.4 Å². The number of benzene rings is 3. The highest BCUT2D eigenvalue weighted by Gasteiger charge is 2.24. The molecule has 0 heterocycles. The predicted octanol–water partition coefficient (Wildman–Crippen LogP) is 5.01. The van der Waals surface area contributed by atoms with E-state index in [9.17, 15) is 4.79 Å². The number of carbonyl (C=O) groups excluding carboxylic acids is 1. The van der Waals surface area contributed by atoms with E-state index in [2.05, 4.69) is 13.8 Å². The number of amides is 1. The molecule has 0 bridgehead atoms. The summed E-state index contributed by atoms with van der Waals surface area (Å²) in [6.45, 7) is 4.64. The van der Waals surface area contributed by atoms with Crippen molar-refractivity contribution in [2.45, 2.75) is 26.3 Å². The maximum Gasteiger partial charge on any atom is 0.248 e. The van der Waals surface area contributed by atoms with E-state index in [4.69, 9.17) is 10.5 Å². The Bertz CT molecular complexity index is 976. The molecule has 3 aromatic rings. The van der Waals surface area contributed by atoms with Crippen LogP contribution in [0.25, 0.3) is 0 Å². The molecule has 0 aliphatic heterocycles. The summed E-state index contributed by atoms with van der Waals surface area (Å²) in [6.07, 6.45) is 0.671. The van der Waals surface area contributed by atoms with E-state index < -0.39 is 6.04 Å². The molecule has 4 nitrogen and oxygen atoms in total. The Morgan fingerprint density at radius 3 is 2.30 bits per heavy atom. The molecule has 1 amide bonds. The van der Waals surface area contributed by atoms with Crippen molar-refractivity contribution < 1.29 is 9.53 Å². The van der Waals surface area contributed by atoms with Crippen LogP contribution >= 0.6 is 12.4 Å². The first-order valence-corrected chi connectivity index (χ1v) is 9.82. The fourth-order valence-electron chi connectivity index (χ4n) is 3.37. The standard InChI is InChI=1S/C25H28N2O2.ClH/c1-18-13-14-22(17-19(18)2)27(16-15-20-9-7-8-12-23(20)29-3)25(28)24(26)21-10-5-4-6-11-21;/h4-14,17,24H,15-16,26H2,1-3H3;1H. The number of hydrogen-bond donors (Lipinski definition) is 1. The molecule has 1 unspecified atom stereocenters. The molecule has 0 aliphatic rings. The Labute approximate surface area is 185 Å². The molecule has 0 fully saturated rings. The topological polar surface area (TPSA) is 55.6 Å². The van der Waals surface area contributed by atoms with Gasteiger partial charge in [0.2, 0.25) is 5.91 Å². The van der Waals surface area contributed by atoms with Crippen molar-refractivity contribution in [2.24, 2.45) is 5.73 Å². The van der Waals surface area contributed by atoms with E-state index in [0.717, 1.165) is 28.1 Å². The van der Waals surface area contributed by atoms with Gasteiger partial charge in [0.15, 0.2) is 0 Å². The summed E-state index contributed by atoms with van der Waals surface area (Å²) in [5, 5.41) is 0. The quantitative estimate of drug-likeness (QED) is 0.580. The van der Waals surface area contributed by atoms with E-state index in [1.807, 2.05) is 72.8 Å². The Kier molecular flexibility index (Phi) is 8.46. The Balaban J connectivity index is 0.00000320. The van der Waals surface area contributed by atoms with Crippen LogP contribution in [0.15, 0.2) is 72.8 Å². The number of carbonyl (C=O) groups is 1. The molecule has 158 valence electrons. The minimum absolute atomic E-state index is 0. The second-order valence-corrected chi connectivity index (χ2v) is 7.21. The summed E-state index contributed by atoms with van der Waals surface area (Å²) in [7, 11) is 1.66. The number of anilines is 1. The van der Waals surface area contributed by atoms with Crippen LogP contribution in [0.4, 0.5) is 5.69 Å². The molecule has 30 heavy (non-hydrogen) atoms. The first kappa shape index (κ1) is 23.5. The number of nitrogens with zero attached hydrogens (tertiary/aromatic N) is 1. The van der Waals surface area contributed by atoms with Crippen LogP contribution in [-0.2, 0) is 11.2 Å². The van der Waals surface area contributed by atoms with Gasteiger partial charge in [-0.1, -0.05) is 54.6 Å². The lowest BCUT2D eigenvalue weighted by Crippen LogP contribution is -2.40. The van der Waals surface area contributed by atoms with Crippen LogP contribution in [0.2, 0.25) is 0 Å². The highest BCUT2D eigenvalue weighted by Crippen LogP contribution is 2.25. The number of ether oxygens (including phenoxy) is 1. The van der Waals surface area contributed by atoms with E-state index in [1.165, 1.54) is 5.56 Å². The fourth-order valence-corrected chi connectivity index (χ4v) is 3.37. The zero-order valence-corrected chi connectivity index (χ0v) is 18.5. The first-order valence-electron chi connectivity index (χ1n) is 9.82. The van der Waals surface area contributed by atoms with Crippen molar-refractivity contribution in [1.29, 1.82) is 0 Å². The maximum atomic E-state index is 13.4. The van der Waals surface area contributed by atoms with Crippen LogP contribution in [0, 0.1) is 13.8 Å². The Hall–Kier alpha value is -2.82. The molecule has 0 radical (unpaired) electrons. The van der Waals surface area contributed by atoms with Crippen LogP contribution < -0.4 is 15.4 Å². The number of rotatable bonds is 7. The van der Waals surface area contributed by atoms with Crippen molar-refractivity contribution in [3.05, 3.63) is 95.1 Å². The lowest BCUT2D eigenvalue weighted by atomic mass is 10.0. The molecule has 1 atom stereocenters. The molecular formula is C25H29ClN2O2. The number of hydrogen-bond acceptors (Lipinski definition) is 3. The number of para-hydroxylation sites is 1. The lowest BCUT2D eigenvalue weighted by molar-refractivity contribution is -0.120. The minimum atomic E-state index is -0.713. The SMILES string of the molecule is COc1ccccc1CCN(C(=O)C(N)c1ccccc1)c1ccc(C)c(C)c1.Cl. The molecule has 3 rings (SSSR count). The average molecular weight is 425 g/mol. The summed E-state index contributed by atoms with van der Waals surface area (Å²) in [5.41, 5.74) is 11.4. The molecule has 0 saturated carbocycles. The van der Waals surface area contributed by atoms with Gasteiger partial charge in [-0.05, 0) is 60.7 Å². The van der Waals surface area contributed by atoms with Crippen molar-refractivity contribution >= 4 is 24.0 Å². The zero-order valence-electron chi connectivity index (χ0n) is 17.7. The monoisotopic (exact) mass is 424 g/mol. The summed E-state index contributed by atoms with van der Waals surface area (Å²) >= 11 is 0. The van der Waals surface area contributed by atoms with Gasteiger partial charge in [-0.25, -0.2) is 0 Å². The number of aryl methyl sites for hydroxylation is 2. The second kappa shape index (κ2) is 10.8. The van der Waals surface area contributed by atoms with Gasteiger partial charge in [0.05, 0.1) is 7.11 Å². The molecule has 2 N–H and O–H groups in total. The third-order valence-electron chi connectivity index (χ3n) is 5.29. The van der Waals surface area contributed by atoms with E-state index in [-0.39, 0.29) is 18.3 Å². The summed E-state index contributed by atoms with van der Waals surface area (Å²) in [4.78, 5) is 15.2. The van der Waals surface area contributed by atoms with Gasteiger partial charge in [-0.2, -0.15) is 0 Å². The molecule has 0 aliphatic carbocycles. The molecule has 3 aromatic carbocycles. The summed E-state index contributed by atoms with van der Waals surface area (Å²) < 4.78 is 5.47. The first-order chi connectivity index (χ1) is 14.0. The van der Waals surface area contributed by atoms with Gasteiger partial charge >= 0.3 is 0 Å². The number of nitrogens with two attached hydrogens (primary N) is 1. The average Bonchev–Trinajstić information content (AvgIpc) is 2.76. The third-order valence-corrected chi connectivity index (χ3v) is 5.29. The van der Waals surface area contributed by atoms with Crippen molar-refractivity contribution in [3.8, 4) is 5.75 Å². The van der Waals surface area contributed by atoms with Gasteiger partial charge in [0.25, 0.3) is 0 Å². The van der Waals surface area contributed by atoms with Gasteiger partial charge in [-0.3, -0.25) is 4.79 Å². The zero-order chi connectivity index (χ0) is 20.8. The molecule has 5 heteroatoms. The van der Waals surface area contributed by atoms with Gasteiger partial charge < -0.3 is 15.4 Å². The van der Waals surface area contributed by atoms with Crippen molar-refractivity contribution in [2.75, 3.05) is 18.6 Å². The number of methoxy groups -OCH3 is 1. The second-order valence-electron chi connectivity index (χ2n) is 7.21. The molecule has 0 aromatic heterocycles. The number of halogens is 1. The third kappa shape index (κ3) is 5.41. The Morgan fingerprint density at radius 1 is 0.967 bits per heavy atom. The summed E-state index contributed by atoms with van der Waals surface area (Å²) in [6, 6.07) is 22.8. The van der Waals surface area contributed by atoms with Crippen LogP contribution in [-0.4, -0.2) is 19.6 Å². The van der Waals surface area contributed by atoms with E-state index >= 15 is 0 Å². The lowest BCUT2D eigenvalue weighted by Gasteiger charge is -2.27. The predicted molar refractivity (Wildman–Crippen MR) is 126 cm³/mol. The molecule has 0 saturated heterocycles. The van der Waals surface area contributed by atoms with Crippen molar-refractivity contribution in [1.82, 2.24) is 0 Å². The normalized spacial score (nSPS) is 11.3. The van der Waals surface area contributed by atoms with Crippen LogP contribution in [0.1, 0.15) is 28.3 Å². The molecular weight excluding hydrogens is 396 g/mol. The van der Waals surface area contributed by atoms with Gasteiger partial charge in [0.1, 0.15) is 11.8 Å². The minimum Gasteiger partial charge on any atom is -0.496 e. The van der Waals surface area contributed by atoms with E-state index in [1.54, 1.807) is 12.0 Å². The van der Waals surface area contributed by atoms with Crippen LogP contribution in [0.3, 0.4) is 0 Å².